The van der Waals surface area contributed by atoms with E-state index >= 15 is 0 Å². The molecule has 1 heterocycles. The van der Waals surface area contributed by atoms with Crippen LogP contribution >= 0.6 is 15.9 Å². The van der Waals surface area contributed by atoms with Crippen LogP contribution in [0.25, 0.3) is 0 Å². The summed E-state index contributed by atoms with van der Waals surface area (Å²) in [5.74, 6) is -0.672. The molecule has 2 fully saturated rings. The minimum atomic E-state index is -0.463. The molecule has 2 amide bonds. The first-order valence-corrected chi connectivity index (χ1v) is 9.79. The Labute approximate surface area is 165 Å². The van der Waals surface area contributed by atoms with E-state index < -0.39 is 5.97 Å². The van der Waals surface area contributed by atoms with Gasteiger partial charge in [0.25, 0.3) is 0 Å². The van der Waals surface area contributed by atoms with Gasteiger partial charge in [0.15, 0.2) is 0 Å². The molecule has 5 nitrogen and oxygen atoms in total. The minimum absolute atomic E-state index is 0.107. The van der Waals surface area contributed by atoms with Crippen LogP contribution in [-0.2, 0) is 9.59 Å². The smallest absolute Gasteiger partial charge is 0.343 e. The Morgan fingerprint density at radius 1 is 0.889 bits per heavy atom. The lowest BCUT2D eigenvalue weighted by atomic mass is 9.81. The Bertz CT molecular complexity index is 867. The number of halogens is 1. The summed E-state index contributed by atoms with van der Waals surface area (Å²) in [5, 5.41) is 0. The zero-order valence-electron chi connectivity index (χ0n) is 14.6. The molecule has 2 aromatic carbocycles. The number of nitrogens with zero attached hydrogens (tertiary/aromatic N) is 1. The normalized spacial score (nSPS) is 21.9. The van der Waals surface area contributed by atoms with Gasteiger partial charge in [-0.1, -0.05) is 28.8 Å². The van der Waals surface area contributed by atoms with Gasteiger partial charge in [-0.05, 0) is 61.4 Å². The summed E-state index contributed by atoms with van der Waals surface area (Å²) < 4.78 is 6.24. The van der Waals surface area contributed by atoms with Gasteiger partial charge in [-0.3, -0.25) is 14.5 Å². The van der Waals surface area contributed by atoms with Crippen LogP contribution < -0.4 is 9.64 Å². The molecule has 0 radical (unpaired) electrons. The lowest BCUT2D eigenvalue weighted by Crippen LogP contribution is -2.30. The second-order valence-electron chi connectivity index (χ2n) is 6.90. The van der Waals surface area contributed by atoms with Gasteiger partial charge < -0.3 is 4.74 Å². The maximum Gasteiger partial charge on any atom is 0.343 e. The molecule has 2 aromatic rings. The fraction of sp³-hybridized carbons (Fsp3) is 0.286. The van der Waals surface area contributed by atoms with Gasteiger partial charge in [0.1, 0.15) is 5.75 Å². The van der Waals surface area contributed by atoms with Crippen molar-refractivity contribution in [2.75, 3.05) is 4.90 Å². The Morgan fingerprint density at radius 2 is 1.44 bits per heavy atom. The molecule has 6 heteroatoms. The van der Waals surface area contributed by atoms with Gasteiger partial charge >= 0.3 is 5.97 Å². The van der Waals surface area contributed by atoms with Crippen LogP contribution in [0.3, 0.4) is 0 Å². The predicted octanol–water partition coefficient (Wildman–Crippen LogP) is 4.35. The first-order chi connectivity index (χ1) is 13.0. The Morgan fingerprint density at radius 3 is 2.00 bits per heavy atom. The highest BCUT2D eigenvalue weighted by Crippen LogP contribution is 2.40. The van der Waals surface area contributed by atoms with Gasteiger partial charge in [0, 0.05) is 4.47 Å². The molecule has 4 rings (SSSR count). The average Bonchev–Trinajstić information content (AvgIpc) is 2.94. The van der Waals surface area contributed by atoms with Crippen molar-refractivity contribution in [1.82, 2.24) is 0 Å². The summed E-state index contributed by atoms with van der Waals surface area (Å²) in [6.45, 7) is 0. The van der Waals surface area contributed by atoms with Gasteiger partial charge in [0.05, 0.1) is 23.1 Å². The number of fused-ring (bicyclic) bond motifs is 1. The first-order valence-electron chi connectivity index (χ1n) is 9.00. The van der Waals surface area contributed by atoms with E-state index in [1.807, 2.05) is 0 Å². The molecule has 1 aliphatic heterocycles. The second kappa shape index (κ2) is 7.27. The van der Waals surface area contributed by atoms with Crippen molar-refractivity contribution in [3.8, 4) is 5.75 Å². The number of ether oxygens (including phenoxy) is 1. The van der Waals surface area contributed by atoms with E-state index in [2.05, 4.69) is 15.9 Å². The highest BCUT2D eigenvalue weighted by atomic mass is 79.9. The van der Waals surface area contributed by atoms with Gasteiger partial charge in [0.2, 0.25) is 11.8 Å². The van der Waals surface area contributed by atoms with Crippen molar-refractivity contribution in [2.45, 2.75) is 25.7 Å². The Kier molecular flexibility index (Phi) is 4.83. The highest BCUT2D eigenvalue weighted by molar-refractivity contribution is 9.10. The molecule has 1 saturated carbocycles. The molecule has 2 unspecified atom stereocenters. The lowest BCUT2D eigenvalue weighted by Gasteiger charge is -2.19. The Hall–Kier alpha value is -2.47. The lowest BCUT2D eigenvalue weighted by molar-refractivity contribution is -0.122. The zero-order valence-corrected chi connectivity index (χ0v) is 16.1. The summed E-state index contributed by atoms with van der Waals surface area (Å²) in [5.41, 5.74) is 0.971. The van der Waals surface area contributed by atoms with Crippen molar-refractivity contribution in [2.24, 2.45) is 11.8 Å². The number of hydrogen-bond donors (Lipinski definition) is 0. The number of amides is 2. The van der Waals surface area contributed by atoms with Crippen molar-refractivity contribution in [1.29, 1.82) is 0 Å². The summed E-state index contributed by atoms with van der Waals surface area (Å²) >= 11 is 3.32. The van der Waals surface area contributed by atoms with E-state index in [9.17, 15) is 14.4 Å². The maximum atomic E-state index is 12.6. The summed E-state index contributed by atoms with van der Waals surface area (Å²) in [6, 6.07) is 13.4. The fourth-order valence-corrected chi connectivity index (χ4v) is 4.10. The molecule has 2 aliphatic rings. The van der Waals surface area contributed by atoms with Crippen molar-refractivity contribution in [3.63, 3.8) is 0 Å². The number of hydrogen-bond acceptors (Lipinski definition) is 4. The monoisotopic (exact) mass is 427 g/mol. The number of carbonyl (C=O) groups excluding carboxylic acids is 3. The van der Waals surface area contributed by atoms with Crippen molar-refractivity contribution < 1.29 is 19.1 Å². The van der Waals surface area contributed by atoms with Crippen LogP contribution in [0.5, 0.6) is 5.75 Å². The zero-order chi connectivity index (χ0) is 19.0. The second-order valence-corrected chi connectivity index (χ2v) is 7.82. The quantitative estimate of drug-likeness (QED) is 0.414. The number of carbonyl (C=O) groups is 3. The van der Waals surface area contributed by atoms with E-state index in [1.165, 1.54) is 4.90 Å². The topological polar surface area (TPSA) is 63.7 Å². The molecular weight excluding hydrogens is 410 g/mol. The van der Waals surface area contributed by atoms with Crippen LogP contribution in [0.2, 0.25) is 0 Å². The SMILES string of the molecule is O=C(Oc1ccc(N2C(=O)C3CCCCC3C2=O)cc1)c1ccc(Br)cc1. The van der Waals surface area contributed by atoms with Crippen molar-refractivity contribution in [3.05, 3.63) is 58.6 Å². The standard InChI is InChI=1S/C21H18BrNO4/c22-14-7-5-13(6-8-14)21(26)27-16-11-9-15(10-12-16)23-19(24)17-3-1-2-4-18(17)20(23)25/h5-12,17-18H,1-4H2. The van der Waals surface area contributed by atoms with Crippen molar-refractivity contribution >= 4 is 39.4 Å². The van der Waals surface area contributed by atoms with Crippen LogP contribution in [-0.4, -0.2) is 17.8 Å². The average molecular weight is 428 g/mol. The Balaban J connectivity index is 1.49. The highest BCUT2D eigenvalue weighted by Gasteiger charge is 2.48. The van der Waals surface area contributed by atoms with Crippen LogP contribution in [0.4, 0.5) is 5.69 Å². The third kappa shape index (κ3) is 3.41. The molecule has 138 valence electrons. The molecule has 0 bridgehead atoms. The molecule has 1 saturated heterocycles. The van der Waals surface area contributed by atoms with E-state index in [0.29, 0.717) is 17.0 Å². The van der Waals surface area contributed by atoms with Gasteiger partial charge in [-0.15, -0.1) is 0 Å². The van der Waals surface area contributed by atoms with Crippen LogP contribution in [0, 0.1) is 11.8 Å². The minimum Gasteiger partial charge on any atom is -0.423 e. The number of rotatable bonds is 3. The largest absolute Gasteiger partial charge is 0.423 e. The predicted molar refractivity (Wildman–Crippen MR) is 103 cm³/mol. The molecule has 0 N–H and O–H groups in total. The van der Waals surface area contributed by atoms with Crippen LogP contribution in [0.1, 0.15) is 36.0 Å². The van der Waals surface area contributed by atoms with E-state index in [0.717, 1.165) is 30.2 Å². The third-order valence-corrected chi connectivity index (χ3v) is 5.76. The van der Waals surface area contributed by atoms with Gasteiger partial charge in [-0.2, -0.15) is 0 Å². The molecular formula is C21H18BrNO4. The number of esters is 1. The fourth-order valence-electron chi connectivity index (χ4n) is 3.83. The summed E-state index contributed by atoms with van der Waals surface area (Å²) in [4.78, 5) is 38.8. The first kappa shape index (κ1) is 17.9. The van der Waals surface area contributed by atoms with E-state index in [-0.39, 0.29) is 23.7 Å². The number of benzene rings is 2. The summed E-state index contributed by atoms with van der Waals surface area (Å²) in [7, 11) is 0. The molecule has 27 heavy (non-hydrogen) atoms. The number of imide groups is 1. The molecule has 0 aromatic heterocycles. The van der Waals surface area contributed by atoms with Crippen LogP contribution in [0.15, 0.2) is 53.0 Å². The molecule has 1 aliphatic carbocycles. The van der Waals surface area contributed by atoms with E-state index in [4.69, 9.17) is 4.74 Å². The number of anilines is 1. The third-order valence-electron chi connectivity index (χ3n) is 5.23. The summed E-state index contributed by atoms with van der Waals surface area (Å²) in [6.07, 6.45) is 3.57. The van der Waals surface area contributed by atoms with Gasteiger partial charge in [-0.25, -0.2) is 4.79 Å². The maximum absolute atomic E-state index is 12.6. The molecule has 2 atom stereocenters. The molecule has 0 spiro atoms. The van der Waals surface area contributed by atoms with E-state index in [1.54, 1.807) is 48.5 Å².